The molecule has 0 bridgehead atoms. The van der Waals surface area contributed by atoms with Crippen molar-refractivity contribution >= 4 is 17.6 Å². The number of nitrogens with one attached hydrogen (secondary N) is 1. The standard InChI is InChI=1S/C11H14N4O5/c1-5-9(15(19)20)8(13-12-5)10(16)14(7-3-4-7)6(2)11(17)18/h6-7H,3-4H2,1-2H3,(H,12,13)(H,17,18). The molecule has 1 aromatic heterocycles. The molecular weight excluding hydrogens is 268 g/mol. The minimum atomic E-state index is -1.15. The van der Waals surface area contributed by atoms with Crippen molar-refractivity contribution in [3.63, 3.8) is 0 Å². The minimum Gasteiger partial charge on any atom is -0.480 e. The van der Waals surface area contributed by atoms with E-state index in [-0.39, 0.29) is 17.4 Å². The Morgan fingerprint density at radius 1 is 1.55 bits per heavy atom. The molecule has 1 aliphatic rings. The van der Waals surface area contributed by atoms with Gasteiger partial charge in [0.05, 0.1) is 4.92 Å². The fraction of sp³-hybridized carbons (Fsp3) is 0.545. The highest BCUT2D eigenvalue weighted by atomic mass is 16.6. The number of hydrogen-bond acceptors (Lipinski definition) is 5. The van der Waals surface area contributed by atoms with Crippen molar-refractivity contribution in [1.29, 1.82) is 0 Å². The van der Waals surface area contributed by atoms with E-state index in [1.165, 1.54) is 13.8 Å². The number of carbonyl (C=O) groups is 2. The second-order valence-corrected chi connectivity index (χ2v) is 4.76. The summed E-state index contributed by atoms with van der Waals surface area (Å²) in [5, 5.41) is 26.1. The van der Waals surface area contributed by atoms with E-state index < -0.39 is 28.5 Å². The number of rotatable bonds is 5. The minimum absolute atomic E-state index is 0.164. The number of hydrogen-bond donors (Lipinski definition) is 2. The molecule has 0 aromatic carbocycles. The van der Waals surface area contributed by atoms with Crippen LogP contribution in [-0.2, 0) is 4.79 Å². The van der Waals surface area contributed by atoms with Gasteiger partial charge in [-0.1, -0.05) is 0 Å². The zero-order valence-electron chi connectivity index (χ0n) is 11.0. The second-order valence-electron chi connectivity index (χ2n) is 4.76. The summed E-state index contributed by atoms with van der Waals surface area (Å²) in [5.41, 5.74) is -0.581. The van der Waals surface area contributed by atoms with Crippen molar-refractivity contribution in [3.05, 3.63) is 21.5 Å². The van der Waals surface area contributed by atoms with E-state index in [0.717, 1.165) is 4.90 Å². The Morgan fingerprint density at radius 3 is 2.60 bits per heavy atom. The first-order valence-electron chi connectivity index (χ1n) is 6.09. The Kier molecular flexibility index (Phi) is 3.43. The van der Waals surface area contributed by atoms with Crippen molar-refractivity contribution in [2.75, 3.05) is 0 Å². The molecule has 20 heavy (non-hydrogen) atoms. The van der Waals surface area contributed by atoms with E-state index in [0.29, 0.717) is 12.8 Å². The number of aromatic nitrogens is 2. The quantitative estimate of drug-likeness (QED) is 0.604. The van der Waals surface area contributed by atoms with Crippen molar-refractivity contribution in [2.24, 2.45) is 0 Å². The highest BCUT2D eigenvalue weighted by molar-refractivity contribution is 5.98. The predicted octanol–water partition coefficient (Wildman–Crippen LogP) is 0.704. The summed E-state index contributed by atoms with van der Waals surface area (Å²) in [4.78, 5) is 34.9. The lowest BCUT2D eigenvalue weighted by Gasteiger charge is -2.25. The number of aliphatic carboxylic acids is 1. The van der Waals surface area contributed by atoms with Gasteiger partial charge in [0.15, 0.2) is 0 Å². The van der Waals surface area contributed by atoms with E-state index >= 15 is 0 Å². The van der Waals surface area contributed by atoms with Gasteiger partial charge in [-0.05, 0) is 26.7 Å². The Labute approximate surface area is 113 Å². The van der Waals surface area contributed by atoms with E-state index in [1.807, 2.05) is 0 Å². The van der Waals surface area contributed by atoms with Gasteiger partial charge in [0.1, 0.15) is 11.7 Å². The molecule has 1 aromatic rings. The topological polar surface area (TPSA) is 129 Å². The van der Waals surface area contributed by atoms with Crippen LogP contribution in [0.4, 0.5) is 5.69 Å². The van der Waals surface area contributed by atoms with E-state index in [2.05, 4.69) is 10.2 Å². The average molecular weight is 282 g/mol. The molecule has 1 heterocycles. The Morgan fingerprint density at radius 2 is 2.15 bits per heavy atom. The third kappa shape index (κ3) is 2.33. The zero-order chi connectivity index (χ0) is 15.0. The summed E-state index contributed by atoms with van der Waals surface area (Å²) >= 11 is 0. The van der Waals surface area contributed by atoms with Crippen LogP contribution >= 0.6 is 0 Å². The summed E-state index contributed by atoms with van der Waals surface area (Å²) in [6, 6.07) is -1.24. The van der Waals surface area contributed by atoms with Crippen LogP contribution in [0.3, 0.4) is 0 Å². The first-order chi connectivity index (χ1) is 9.34. The molecular formula is C11H14N4O5. The Hall–Kier alpha value is -2.45. The summed E-state index contributed by atoms with van der Waals surface area (Å²) in [6.07, 6.45) is 1.39. The molecule has 1 aliphatic carbocycles. The number of nitro groups is 1. The first-order valence-corrected chi connectivity index (χ1v) is 6.09. The number of carbonyl (C=O) groups excluding carboxylic acids is 1. The number of nitrogens with zero attached hydrogens (tertiary/aromatic N) is 3. The molecule has 1 saturated carbocycles. The van der Waals surface area contributed by atoms with E-state index in [1.54, 1.807) is 0 Å². The van der Waals surface area contributed by atoms with Crippen LogP contribution in [0.1, 0.15) is 35.9 Å². The van der Waals surface area contributed by atoms with E-state index in [9.17, 15) is 19.7 Å². The Bertz CT molecular complexity index is 577. The third-order valence-electron chi connectivity index (χ3n) is 3.25. The van der Waals surface area contributed by atoms with Crippen molar-refractivity contribution < 1.29 is 19.6 Å². The van der Waals surface area contributed by atoms with Crippen molar-refractivity contribution in [3.8, 4) is 0 Å². The van der Waals surface area contributed by atoms with Crippen LogP contribution in [-0.4, -0.2) is 49.1 Å². The van der Waals surface area contributed by atoms with Gasteiger partial charge in [-0.25, -0.2) is 4.79 Å². The fourth-order valence-electron chi connectivity index (χ4n) is 2.05. The Balaban J connectivity index is 2.38. The van der Waals surface area contributed by atoms with Crippen molar-refractivity contribution in [2.45, 2.75) is 38.8 Å². The molecule has 1 unspecified atom stereocenters. The van der Waals surface area contributed by atoms with Crippen LogP contribution in [0.15, 0.2) is 0 Å². The highest BCUT2D eigenvalue weighted by Gasteiger charge is 2.42. The maximum absolute atomic E-state index is 12.4. The predicted molar refractivity (Wildman–Crippen MR) is 66.3 cm³/mol. The molecule has 9 heteroatoms. The lowest BCUT2D eigenvalue weighted by molar-refractivity contribution is -0.385. The molecule has 9 nitrogen and oxygen atoms in total. The number of amides is 1. The molecule has 1 amide bonds. The van der Waals surface area contributed by atoms with E-state index in [4.69, 9.17) is 5.11 Å². The summed E-state index contributed by atoms with van der Waals surface area (Å²) in [7, 11) is 0. The van der Waals surface area contributed by atoms with Crippen LogP contribution in [0, 0.1) is 17.0 Å². The maximum atomic E-state index is 12.4. The largest absolute Gasteiger partial charge is 0.480 e. The van der Waals surface area contributed by atoms with Gasteiger partial charge in [0.2, 0.25) is 5.69 Å². The fourth-order valence-corrected chi connectivity index (χ4v) is 2.05. The highest BCUT2D eigenvalue weighted by Crippen LogP contribution is 2.32. The number of aromatic amines is 1. The van der Waals surface area contributed by atoms with Gasteiger partial charge in [-0.15, -0.1) is 0 Å². The summed E-state index contributed by atoms with van der Waals surface area (Å²) in [6.45, 7) is 2.81. The smallest absolute Gasteiger partial charge is 0.326 e. The number of carboxylic acid groups (broad SMARTS) is 1. The van der Waals surface area contributed by atoms with Crippen LogP contribution in [0.5, 0.6) is 0 Å². The second kappa shape index (κ2) is 4.91. The number of aryl methyl sites for hydroxylation is 1. The van der Waals surface area contributed by atoms with Gasteiger partial charge >= 0.3 is 11.7 Å². The van der Waals surface area contributed by atoms with Gasteiger partial charge in [0.25, 0.3) is 5.91 Å². The third-order valence-corrected chi connectivity index (χ3v) is 3.25. The molecule has 0 radical (unpaired) electrons. The lowest BCUT2D eigenvalue weighted by Crippen LogP contribution is -2.45. The first kappa shape index (κ1) is 14.0. The number of carboxylic acids is 1. The lowest BCUT2D eigenvalue weighted by atomic mass is 10.2. The van der Waals surface area contributed by atoms with Crippen LogP contribution < -0.4 is 0 Å². The number of H-pyrrole nitrogens is 1. The molecule has 2 N–H and O–H groups in total. The maximum Gasteiger partial charge on any atom is 0.326 e. The summed E-state index contributed by atoms with van der Waals surface area (Å²) < 4.78 is 0. The van der Waals surface area contributed by atoms with Gasteiger partial charge in [-0.3, -0.25) is 20.0 Å². The zero-order valence-corrected chi connectivity index (χ0v) is 11.0. The van der Waals surface area contributed by atoms with Gasteiger partial charge in [0, 0.05) is 6.04 Å². The van der Waals surface area contributed by atoms with Crippen molar-refractivity contribution in [1.82, 2.24) is 15.1 Å². The SMILES string of the molecule is Cc1[nH]nc(C(=O)N(C2CC2)C(C)C(=O)O)c1[N+](=O)[O-]. The molecule has 0 saturated heterocycles. The molecule has 2 rings (SSSR count). The molecule has 0 spiro atoms. The average Bonchev–Trinajstić information content (AvgIpc) is 3.10. The molecule has 0 aliphatic heterocycles. The summed E-state index contributed by atoms with van der Waals surface area (Å²) in [5.74, 6) is -1.88. The van der Waals surface area contributed by atoms with Crippen LogP contribution in [0.25, 0.3) is 0 Å². The normalized spacial score (nSPS) is 15.7. The van der Waals surface area contributed by atoms with Crippen LogP contribution in [0.2, 0.25) is 0 Å². The molecule has 1 atom stereocenters. The monoisotopic (exact) mass is 282 g/mol. The van der Waals surface area contributed by atoms with Gasteiger partial charge in [-0.2, -0.15) is 5.10 Å². The molecule has 108 valence electrons. The van der Waals surface area contributed by atoms with Gasteiger partial charge < -0.3 is 10.0 Å². The molecule has 1 fully saturated rings.